The van der Waals surface area contributed by atoms with Gasteiger partial charge in [0.25, 0.3) is 0 Å². The molecule has 4 nitrogen and oxygen atoms in total. The van der Waals surface area contributed by atoms with E-state index in [0.717, 1.165) is 34.2 Å². The summed E-state index contributed by atoms with van der Waals surface area (Å²) in [7, 11) is 0. The average Bonchev–Trinajstić information content (AvgIpc) is 2.67. The van der Waals surface area contributed by atoms with Crippen LogP contribution in [0.2, 0.25) is 0 Å². The van der Waals surface area contributed by atoms with Crippen molar-refractivity contribution in [2.24, 2.45) is 0 Å². The summed E-state index contributed by atoms with van der Waals surface area (Å²) in [6.07, 6.45) is 2.00. The third-order valence-corrected chi connectivity index (χ3v) is 5.22. The maximum atomic E-state index is 13.2. The fourth-order valence-corrected chi connectivity index (χ4v) is 3.75. The largest absolute Gasteiger partial charge is 0.353 e. The predicted molar refractivity (Wildman–Crippen MR) is 108 cm³/mol. The van der Waals surface area contributed by atoms with E-state index in [2.05, 4.69) is 22.4 Å². The van der Waals surface area contributed by atoms with Gasteiger partial charge >= 0.3 is 0 Å². The first-order valence-corrected chi connectivity index (χ1v) is 10.0. The molecule has 0 radical (unpaired) electrons. The normalized spacial score (nSPS) is 12.1. The summed E-state index contributed by atoms with van der Waals surface area (Å²) < 4.78 is 13.2. The lowest BCUT2D eigenvalue weighted by atomic mass is 10.1. The van der Waals surface area contributed by atoms with Gasteiger partial charge in [0.15, 0.2) is 0 Å². The van der Waals surface area contributed by atoms with Crippen LogP contribution in [-0.2, 0) is 4.79 Å². The van der Waals surface area contributed by atoms with Gasteiger partial charge in [0.1, 0.15) is 16.5 Å². The molecule has 0 aliphatic carbocycles. The Morgan fingerprint density at radius 2 is 1.81 bits per heavy atom. The summed E-state index contributed by atoms with van der Waals surface area (Å²) in [6, 6.07) is 14.2. The molecule has 3 aromatic rings. The summed E-state index contributed by atoms with van der Waals surface area (Å²) >= 11 is 1.38. The third-order valence-electron chi connectivity index (χ3n) is 4.24. The summed E-state index contributed by atoms with van der Waals surface area (Å²) in [5.41, 5.74) is 1.51. The number of hydrogen-bond donors (Lipinski definition) is 1. The average molecular weight is 383 g/mol. The monoisotopic (exact) mass is 383 g/mol. The van der Waals surface area contributed by atoms with Gasteiger partial charge in [0.05, 0.1) is 5.75 Å². The van der Waals surface area contributed by atoms with Crippen molar-refractivity contribution in [3.8, 4) is 11.3 Å². The summed E-state index contributed by atoms with van der Waals surface area (Å²) in [6.45, 7) is 4.11. The number of fused-ring (bicyclic) bond motifs is 1. The van der Waals surface area contributed by atoms with E-state index >= 15 is 0 Å². The van der Waals surface area contributed by atoms with Crippen LogP contribution in [0.15, 0.2) is 53.6 Å². The molecule has 0 saturated heterocycles. The number of aromatic nitrogens is 2. The van der Waals surface area contributed by atoms with Gasteiger partial charge in [-0.25, -0.2) is 4.39 Å². The number of benzene rings is 2. The van der Waals surface area contributed by atoms with E-state index in [-0.39, 0.29) is 17.8 Å². The molecule has 0 aliphatic rings. The first-order chi connectivity index (χ1) is 13.1. The minimum atomic E-state index is -0.286. The Kier molecular flexibility index (Phi) is 6.40. The van der Waals surface area contributed by atoms with Gasteiger partial charge in [-0.1, -0.05) is 49.4 Å². The van der Waals surface area contributed by atoms with E-state index in [0.29, 0.717) is 11.4 Å². The molecule has 0 aliphatic heterocycles. The summed E-state index contributed by atoms with van der Waals surface area (Å²) in [5.74, 6) is 0.00348. The molecule has 0 bridgehead atoms. The van der Waals surface area contributed by atoms with Gasteiger partial charge in [0, 0.05) is 22.4 Å². The number of hydrogen-bond acceptors (Lipinski definition) is 4. The fraction of sp³-hybridized carbons (Fsp3) is 0.286. The maximum Gasteiger partial charge on any atom is 0.230 e. The first-order valence-electron chi connectivity index (χ1n) is 9.02. The second-order valence-electron chi connectivity index (χ2n) is 6.45. The van der Waals surface area contributed by atoms with Gasteiger partial charge in [-0.15, -0.1) is 10.2 Å². The number of halogens is 1. The molecule has 1 N–H and O–H groups in total. The van der Waals surface area contributed by atoms with Crippen LogP contribution in [0.3, 0.4) is 0 Å². The topological polar surface area (TPSA) is 54.9 Å². The second kappa shape index (κ2) is 8.95. The van der Waals surface area contributed by atoms with Crippen molar-refractivity contribution in [1.82, 2.24) is 15.5 Å². The van der Waals surface area contributed by atoms with Crippen LogP contribution in [0.25, 0.3) is 22.0 Å². The molecule has 1 atom stereocenters. The van der Waals surface area contributed by atoms with Gasteiger partial charge < -0.3 is 5.32 Å². The maximum absolute atomic E-state index is 13.2. The molecule has 3 rings (SSSR count). The highest BCUT2D eigenvalue weighted by Gasteiger charge is 2.13. The minimum Gasteiger partial charge on any atom is -0.353 e. The number of carbonyl (C=O) groups is 1. The molecule has 1 aromatic heterocycles. The van der Waals surface area contributed by atoms with Crippen LogP contribution in [-0.4, -0.2) is 27.9 Å². The van der Waals surface area contributed by atoms with Crippen molar-refractivity contribution in [3.63, 3.8) is 0 Å². The van der Waals surface area contributed by atoms with E-state index in [1.165, 1.54) is 23.9 Å². The Hall–Kier alpha value is -2.47. The van der Waals surface area contributed by atoms with Crippen molar-refractivity contribution in [2.75, 3.05) is 5.75 Å². The van der Waals surface area contributed by atoms with E-state index in [9.17, 15) is 9.18 Å². The lowest BCUT2D eigenvalue weighted by molar-refractivity contribution is -0.119. The van der Waals surface area contributed by atoms with Crippen molar-refractivity contribution in [2.45, 2.75) is 37.8 Å². The molecule has 27 heavy (non-hydrogen) atoms. The molecule has 1 amide bonds. The minimum absolute atomic E-state index is 0.00515. The Morgan fingerprint density at radius 3 is 2.52 bits per heavy atom. The predicted octanol–water partition coefficient (Wildman–Crippen LogP) is 4.83. The second-order valence-corrected chi connectivity index (χ2v) is 7.42. The Labute approximate surface area is 162 Å². The van der Waals surface area contributed by atoms with E-state index in [1.807, 2.05) is 31.2 Å². The van der Waals surface area contributed by atoms with Crippen LogP contribution < -0.4 is 5.32 Å². The van der Waals surface area contributed by atoms with Crippen molar-refractivity contribution in [3.05, 3.63) is 54.3 Å². The zero-order valence-electron chi connectivity index (χ0n) is 15.4. The van der Waals surface area contributed by atoms with E-state index < -0.39 is 0 Å². The smallest absolute Gasteiger partial charge is 0.230 e. The quantitative estimate of drug-likeness (QED) is 0.594. The summed E-state index contributed by atoms with van der Waals surface area (Å²) in [5, 5.41) is 14.3. The third kappa shape index (κ3) is 4.83. The number of thioether (sulfide) groups is 1. The van der Waals surface area contributed by atoms with E-state index in [4.69, 9.17) is 0 Å². The number of carbonyl (C=O) groups excluding carboxylic acids is 1. The van der Waals surface area contributed by atoms with Crippen LogP contribution in [0.5, 0.6) is 0 Å². The molecule has 0 unspecified atom stereocenters. The zero-order chi connectivity index (χ0) is 19.2. The zero-order valence-corrected chi connectivity index (χ0v) is 16.2. The van der Waals surface area contributed by atoms with E-state index in [1.54, 1.807) is 12.1 Å². The molecule has 1 heterocycles. The standard InChI is InChI=1S/C21H22FN3OS/c1-3-6-14(2)23-19(26)13-27-21-18-8-5-4-7-17(18)20(24-25-21)15-9-11-16(22)12-10-15/h4-5,7-12,14H,3,6,13H2,1-2H3,(H,23,26)/t14-/m1/s1. The summed E-state index contributed by atoms with van der Waals surface area (Å²) in [4.78, 5) is 12.1. The fourth-order valence-electron chi connectivity index (χ4n) is 2.96. The highest BCUT2D eigenvalue weighted by molar-refractivity contribution is 8.00. The van der Waals surface area contributed by atoms with Crippen LogP contribution >= 0.6 is 11.8 Å². The van der Waals surface area contributed by atoms with Gasteiger partial charge in [-0.3, -0.25) is 4.79 Å². The molecular weight excluding hydrogens is 361 g/mol. The molecule has 2 aromatic carbocycles. The van der Waals surface area contributed by atoms with Gasteiger partial charge in [0.2, 0.25) is 5.91 Å². The van der Waals surface area contributed by atoms with Crippen LogP contribution in [0.4, 0.5) is 4.39 Å². The number of nitrogens with one attached hydrogen (secondary N) is 1. The molecule has 0 saturated carbocycles. The number of rotatable bonds is 7. The van der Waals surface area contributed by atoms with Crippen molar-refractivity contribution >= 4 is 28.4 Å². The van der Waals surface area contributed by atoms with Crippen LogP contribution in [0.1, 0.15) is 26.7 Å². The molecule has 140 valence electrons. The number of nitrogens with zero attached hydrogens (tertiary/aromatic N) is 2. The van der Waals surface area contributed by atoms with Crippen molar-refractivity contribution in [1.29, 1.82) is 0 Å². The molecular formula is C21H22FN3OS. The molecule has 0 fully saturated rings. The highest BCUT2D eigenvalue weighted by Crippen LogP contribution is 2.31. The highest BCUT2D eigenvalue weighted by atomic mass is 32.2. The SMILES string of the molecule is CCC[C@@H](C)NC(=O)CSc1nnc(-c2ccc(F)cc2)c2ccccc12. The van der Waals surface area contributed by atoms with Crippen molar-refractivity contribution < 1.29 is 9.18 Å². The lowest BCUT2D eigenvalue weighted by Crippen LogP contribution is -2.33. The molecule has 6 heteroatoms. The Balaban J connectivity index is 1.83. The molecule has 0 spiro atoms. The Morgan fingerprint density at radius 1 is 1.11 bits per heavy atom. The first kappa shape index (κ1) is 19.3. The van der Waals surface area contributed by atoms with Gasteiger partial charge in [-0.2, -0.15) is 0 Å². The number of amides is 1. The Bertz CT molecular complexity index is 930. The van der Waals surface area contributed by atoms with Gasteiger partial charge in [-0.05, 0) is 37.6 Å². The lowest BCUT2D eigenvalue weighted by Gasteiger charge is -2.13. The van der Waals surface area contributed by atoms with Crippen LogP contribution in [0, 0.1) is 5.82 Å².